The Balaban J connectivity index is 1.83. The fourth-order valence-corrected chi connectivity index (χ4v) is 2.38. The maximum absolute atomic E-state index is 12.3. The highest BCUT2D eigenvalue weighted by Gasteiger charge is 2.15. The number of carbonyl (C=O) groups is 1. The summed E-state index contributed by atoms with van der Waals surface area (Å²) in [7, 11) is 0. The van der Waals surface area contributed by atoms with Gasteiger partial charge in [-0.25, -0.2) is 0 Å². The zero-order chi connectivity index (χ0) is 16.4. The smallest absolute Gasteiger partial charge is 0.322 e. The summed E-state index contributed by atoms with van der Waals surface area (Å²) in [6.45, 7) is 3.80. The number of carbonyl (C=O) groups excluding carboxylic acids is 1. The van der Waals surface area contributed by atoms with Gasteiger partial charge in [-0.1, -0.05) is 46.5 Å². The van der Waals surface area contributed by atoms with Crippen molar-refractivity contribution in [2.75, 3.05) is 5.32 Å². The van der Waals surface area contributed by atoms with E-state index in [1.807, 2.05) is 44.2 Å². The molecule has 0 aliphatic heterocycles. The summed E-state index contributed by atoms with van der Waals surface area (Å²) in [4.78, 5) is 12.3. The van der Waals surface area contributed by atoms with Crippen LogP contribution in [0.15, 0.2) is 46.9 Å². The molecule has 2 aromatic carbocycles. The first kappa shape index (κ1) is 15.2. The molecule has 0 saturated heterocycles. The molecule has 0 bridgehead atoms. The van der Waals surface area contributed by atoms with Crippen molar-refractivity contribution in [2.45, 2.75) is 13.8 Å². The molecule has 3 aromatic rings. The van der Waals surface area contributed by atoms with Gasteiger partial charge in [-0.05, 0) is 37.6 Å². The van der Waals surface area contributed by atoms with Gasteiger partial charge >= 0.3 is 6.01 Å². The molecule has 3 rings (SSSR count). The number of anilines is 1. The number of nitrogens with zero attached hydrogens (tertiary/aromatic N) is 2. The van der Waals surface area contributed by atoms with Crippen LogP contribution in [0.2, 0.25) is 5.02 Å². The zero-order valence-electron chi connectivity index (χ0n) is 12.6. The SMILES string of the molecule is Cc1ccc(C)c(C(=O)Nc2nnc(-c3ccccc3Cl)o2)c1. The predicted molar refractivity (Wildman–Crippen MR) is 88.6 cm³/mol. The van der Waals surface area contributed by atoms with Crippen LogP contribution in [0, 0.1) is 13.8 Å². The number of aromatic nitrogens is 2. The van der Waals surface area contributed by atoms with Gasteiger partial charge in [0, 0.05) is 5.56 Å². The van der Waals surface area contributed by atoms with Gasteiger partial charge < -0.3 is 4.42 Å². The van der Waals surface area contributed by atoms with Crippen LogP contribution in [0.5, 0.6) is 0 Å². The van der Waals surface area contributed by atoms with Gasteiger partial charge in [0.25, 0.3) is 11.8 Å². The Morgan fingerprint density at radius 1 is 1.13 bits per heavy atom. The molecular formula is C17H14ClN3O2. The Hall–Kier alpha value is -2.66. The molecule has 0 saturated carbocycles. The molecule has 116 valence electrons. The summed E-state index contributed by atoms with van der Waals surface area (Å²) in [5, 5.41) is 10.9. The quantitative estimate of drug-likeness (QED) is 0.780. The van der Waals surface area contributed by atoms with Crippen LogP contribution in [-0.4, -0.2) is 16.1 Å². The Morgan fingerprint density at radius 3 is 2.70 bits per heavy atom. The number of benzene rings is 2. The molecule has 1 aromatic heterocycles. The number of hydrogen-bond donors (Lipinski definition) is 1. The van der Waals surface area contributed by atoms with E-state index in [1.165, 1.54) is 0 Å². The minimum absolute atomic E-state index is 0.0332. The van der Waals surface area contributed by atoms with Crippen molar-refractivity contribution in [1.82, 2.24) is 10.2 Å². The first-order valence-corrected chi connectivity index (χ1v) is 7.39. The monoisotopic (exact) mass is 327 g/mol. The average Bonchev–Trinajstić information content (AvgIpc) is 2.98. The summed E-state index contributed by atoms with van der Waals surface area (Å²) < 4.78 is 5.47. The molecule has 6 heteroatoms. The largest absolute Gasteiger partial charge is 0.403 e. The van der Waals surface area contributed by atoms with Gasteiger partial charge in [0.15, 0.2) is 0 Å². The highest BCUT2D eigenvalue weighted by molar-refractivity contribution is 6.33. The van der Waals surface area contributed by atoms with E-state index in [1.54, 1.807) is 12.1 Å². The summed E-state index contributed by atoms with van der Waals surface area (Å²) in [6.07, 6.45) is 0. The third kappa shape index (κ3) is 3.24. The van der Waals surface area contributed by atoms with Crippen LogP contribution in [0.4, 0.5) is 6.01 Å². The normalized spacial score (nSPS) is 10.6. The van der Waals surface area contributed by atoms with E-state index in [2.05, 4.69) is 15.5 Å². The van der Waals surface area contributed by atoms with Crippen LogP contribution >= 0.6 is 11.6 Å². The van der Waals surface area contributed by atoms with Crippen molar-refractivity contribution in [3.63, 3.8) is 0 Å². The molecule has 0 aliphatic rings. The predicted octanol–water partition coefficient (Wildman–Crippen LogP) is 4.26. The lowest BCUT2D eigenvalue weighted by Crippen LogP contribution is -2.13. The Bertz CT molecular complexity index is 874. The first-order chi connectivity index (χ1) is 11.0. The van der Waals surface area contributed by atoms with Gasteiger partial charge in [0.2, 0.25) is 0 Å². The second-order valence-corrected chi connectivity index (χ2v) is 5.57. The summed E-state index contributed by atoms with van der Waals surface area (Å²) in [6, 6.07) is 12.8. The van der Waals surface area contributed by atoms with Gasteiger partial charge in [0.1, 0.15) is 0 Å². The second kappa shape index (κ2) is 6.22. The molecule has 0 radical (unpaired) electrons. The molecule has 1 amide bonds. The number of nitrogens with one attached hydrogen (secondary N) is 1. The number of halogens is 1. The van der Waals surface area contributed by atoms with Crippen LogP contribution < -0.4 is 5.32 Å². The Kier molecular flexibility index (Phi) is 4.12. The maximum atomic E-state index is 12.3. The molecule has 23 heavy (non-hydrogen) atoms. The number of rotatable bonds is 3. The molecule has 1 heterocycles. The van der Waals surface area contributed by atoms with E-state index < -0.39 is 0 Å². The third-order valence-corrected chi connectivity index (χ3v) is 3.72. The zero-order valence-corrected chi connectivity index (χ0v) is 13.4. The van der Waals surface area contributed by atoms with E-state index >= 15 is 0 Å². The molecular weight excluding hydrogens is 314 g/mol. The fourth-order valence-electron chi connectivity index (χ4n) is 2.16. The average molecular weight is 328 g/mol. The van der Waals surface area contributed by atoms with Crippen molar-refractivity contribution in [3.8, 4) is 11.5 Å². The molecule has 0 spiro atoms. The van der Waals surface area contributed by atoms with Gasteiger partial charge in [-0.15, -0.1) is 5.10 Å². The molecule has 0 atom stereocenters. The van der Waals surface area contributed by atoms with Crippen molar-refractivity contribution >= 4 is 23.5 Å². The number of hydrogen-bond acceptors (Lipinski definition) is 4. The molecule has 0 unspecified atom stereocenters. The third-order valence-electron chi connectivity index (χ3n) is 3.39. The second-order valence-electron chi connectivity index (χ2n) is 5.16. The molecule has 1 N–H and O–H groups in total. The number of aryl methyl sites for hydroxylation is 2. The van der Waals surface area contributed by atoms with Crippen molar-refractivity contribution in [3.05, 3.63) is 64.2 Å². The molecule has 0 fully saturated rings. The van der Waals surface area contributed by atoms with Gasteiger partial charge in [-0.2, -0.15) is 0 Å². The van der Waals surface area contributed by atoms with Crippen molar-refractivity contribution in [1.29, 1.82) is 0 Å². The van der Waals surface area contributed by atoms with E-state index in [9.17, 15) is 4.79 Å². The van der Waals surface area contributed by atoms with Crippen molar-refractivity contribution < 1.29 is 9.21 Å². The van der Waals surface area contributed by atoms with Gasteiger partial charge in [-0.3, -0.25) is 10.1 Å². The lowest BCUT2D eigenvalue weighted by atomic mass is 10.1. The van der Waals surface area contributed by atoms with E-state index in [-0.39, 0.29) is 17.8 Å². The van der Waals surface area contributed by atoms with E-state index in [4.69, 9.17) is 16.0 Å². The topological polar surface area (TPSA) is 68.0 Å². The maximum Gasteiger partial charge on any atom is 0.322 e. The van der Waals surface area contributed by atoms with Crippen molar-refractivity contribution in [2.24, 2.45) is 0 Å². The minimum atomic E-state index is -0.291. The van der Waals surface area contributed by atoms with Crippen LogP contribution in [0.3, 0.4) is 0 Å². The lowest BCUT2D eigenvalue weighted by molar-refractivity contribution is 0.102. The standard InChI is InChI=1S/C17H14ClN3O2/c1-10-7-8-11(2)13(9-10)15(22)19-17-21-20-16(23-17)12-5-3-4-6-14(12)18/h3-9H,1-2H3,(H,19,21,22). The number of amides is 1. The summed E-state index contributed by atoms with van der Waals surface area (Å²) in [5.74, 6) is -0.0348. The highest BCUT2D eigenvalue weighted by atomic mass is 35.5. The first-order valence-electron chi connectivity index (χ1n) is 7.01. The van der Waals surface area contributed by atoms with Crippen LogP contribution in [-0.2, 0) is 0 Å². The molecule has 5 nitrogen and oxygen atoms in total. The van der Waals surface area contributed by atoms with Crippen LogP contribution in [0.25, 0.3) is 11.5 Å². The fraction of sp³-hybridized carbons (Fsp3) is 0.118. The Labute approximate surface area is 138 Å². The lowest BCUT2D eigenvalue weighted by Gasteiger charge is -2.05. The highest BCUT2D eigenvalue weighted by Crippen LogP contribution is 2.27. The van der Waals surface area contributed by atoms with E-state index in [0.29, 0.717) is 16.1 Å². The molecule has 0 aliphatic carbocycles. The van der Waals surface area contributed by atoms with E-state index in [0.717, 1.165) is 11.1 Å². The van der Waals surface area contributed by atoms with Crippen LogP contribution in [0.1, 0.15) is 21.5 Å². The Morgan fingerprint density at radius 2 is 1.91 bits per heavy atom. The summed E-state index contributed by atoms with van der Waals surface area (Å²) in [5.41, 5.74) is 3.07. The summed E-state index contributed by atoms with van der Waals surface area (Å²) >= 11 is 6.09. The van der Waals surface area contributed by atoms with Gasteiger partial charge in [0.05, 0.1) is 10.6 Å². The minimum Gasteiger partial charge on any atom is -0.403 e.